The Balaban J connectivity index is 1.43. The van der Waals surface area contributed by atoms with Crippen molar-refractivity contribution in [1.29, 1.82) is 0 Å². The Morgan fingerprint density at radius 3 is 2.73 bits per heavy atom. The molecule has 0 atom stereocenters. The van der Waals surface area contributed by atoms with Gasteiger partial charge in [-0.2, -0.15) is 5.10 Å². The van der Waals surface area contributed by atoms with E-state index < -0.39 is 0 Å². The predicted octanol–water partition coefficient (Wildman–Crippen LogP) is 2.33. The van der Waals surface area contributed by atoms with Gasteiger partial charge in [-0.05, 0) is 42.9 Å². The Morgan fingerprint density at radius 2 is 1.92 bits per heavy atom. The van der Waals surface area contributed by atoms with Crippen molar-refractivity contribution in [2.24, 2.45) is 0 Å². The number of anilines is 1. The maximum absolute atomic E-state index is 12.5. The summed E-state index contributed by atoms with van der Waals surface area (Å²) < 4.78 is 1.71. The van der Waals surface area contributed by atoms with Gasteiger partial charge in [-0.3, -0.25) is 9.69 Å². The number of hydrogen-bond donors (Lipinski definition) is 1. The van der Waals surface area contributed by atoms with Gasteiger partial charge in [0.1, 0.15) is 0 Å². The zero-order valence-corrected chi connectivity index (χ0v) is 14.9. The molecule has 0 radical (unpaired) electrons. The van der Waals surface area contributed by atoms with Crippen molar-refractivity contribution in [3.8, 4) is 0 Å². The molecule has 0 saturated carbocycles. The van der Waals surface area contributed by atoms with Crippen LogP contribution in [0.4, 0.5) is 5.69 Å². The first-order valence-electron chi connectivity index (χ1n) is 8.93. The van der Waals surface area contributed by atoms with E-state index in [4.69, 9.17) is 0 Å². The van der Waals surface area contributed by atoms with Crippen molar-refractivity contribution in [3.05, 3.63) is 66.0 Å². The van der Waals surface area contributed by atoms with Crippen molar-refractivity contribution >= 4 is 17.1 Å². The van der Waals surface area contributed by atoms with Crippen LogP contribution < -0.4 is 5.32 Å². The van der Waals surface area contributed by atoms with Gasteiger partial charge in [0.05, 0.1) is 5.52 Å². The summed E-state index contributed by atoms with van der Waals surface area (Å²) in [6.07, 6.45) is 1.84. The molecule has 6 heteroatoms. The Labute approximate surface area is 153 Å². The third-order valence-corrected chi connectivity index (χ3v) is 4.79. The van der Waals surface area contributed by atoms with Crippen LogP contribution in [-0.2, 0) is 6.54 Å². The number of benzene rings is 1. The van der Waals surface area contributed by atoms with Crippen LogP contribution in [0.25, 0.3) is 5.52 Å². The zero-order valence-electron chi connectivity index (χ0n) is 14.9. The fourth-order valence-electron chi connectivity index (χ4n) is 3.26. The molecule has 1 aliphatic heterocycles. The van der Waals surface area contributed by atoms with E-state index in [1.54, 1.807) is 10.6 Å². The molecule has 3 aromatic rings. The van der Waals surface area contributed by atoms with Gasteiger partial charge in [0.15, 0.2) is 5.69 Å². The smallest absolute Gasteiger partial charge is 0.276 e. The van der Waals surface area contributed by atoms with Crippen LogP contribution in [-0.4, -0.2) is 58.5 Å². The number of aromatic nitrogens is 2. The molecule has 1 amide bonds. The van der Waals surface area contributed by atoms with Crippen LogP contribution in [0.2, 0.25) is 0 Å². The lowest BCUT2D eigenvalue weighted by Crippen LogP contribution is -2.43. The normalized spacial score (nSPS) is 16.0. The lowest BCUT2D eigenvalue weighted by molar-refractivity contribution is 0.102. The van der Waals surface area contributed by atoms with E-state index in [0.717, 1.165) is 43.9 Å². The van der Waals surface area contributed by atoms with Crippen LogP contribution in [0.1, 0.15) is 16.1 Å². The Morgan fingerprint density at radius 1 is 1.08 bits per heavy atom. The van der Waals surface area contributed by atoms with Gasteiger partial charge < -0.3 is 10.2 Å². The predicted molar refractivity (Wildman–Crippen MR) is 102 cm³/mol. The topological polar surface area (TPSA) is 52.9 Å². The van der Waals surface area contributed by atoms with Crippen molar-refractivity contribution in [2.45, 2.75) is 6.54 Å². The number of hydrogen-bond acceptors (Lipinski definition) is 4. The van der Waals surface area contributed by atoms with Crippen molar-refractivity contribution in [2.75, 3.05) is 38.5 Å². The molecule has 4 rings (SSSR count). The second kappa shape index (κ2) is 7.27. The molecular formula is C20H23N5O. The second-order valence-corrected chi connectivity index (χ2v) is 6.83. The van der Waals surface area contributed by atoms with E-state index in [-0.39, 0.29) is 5.91 Å². The first-order chi connectivity index (χ1) is 12.7. The fourth-order valence-corrected chi connectivity index (χ4v) is 3.26. The number of carbonyl (C=O) groups is 1. The number of amides is 1. The number of pyridine rings is 1. The van der Waals surface area contributed by atoms with Crippen molar-refractivity contribution in [1.82, 2.24) is 19.4 Å². The van der Waals surface area contributed by atoms with E-state index in [0.29, 0.717) is 5.69 Å². The van der Waals surface area contributed by atoms with Crippen LogP contribution >= 0.6 is 0 Å². The molecule has 6 nitrogen and oxygen atoms in total. The maximum atomic E-state index is 12.5. The maximum Gasteiger partial charge on any atom is 0.276 e. The van der Waals surface area contributed by atoms with Gasteiger partial charge in [0, 0.05) is 44.6 Å². The average molecular weight is 349 g/mol. The summed E-state index contributed by atoms with van der Waals surface area (Å²) in [5.41, 5.74) is 3.34. The number of carbonyl (C=O) groups excluding carboxylic acids is 1. The molecule has 1 aliphatic rings. The number of likely N-dealkylation sites (N-methyl/N-ethyl adjacent to an activating group) is 1. The largest absolute Gasteiger partial charge is 0.321 e. The molecule has 0 spiro atoms. The van der Waals surface area contributed by atoms with Gasteiger partial charge >= 0.3 is 0 Å². The number of nitrogens with zero attached hydrogens (tertiary/aromatic N) is 4. The average Bonchev–Trinajstić information content (AvgIpc) is 3.08. The van der Waals surface area contributed by atoms with Gasteiger partial charge in [-0.1, -0.05) is 18.2 Å². The van der Waals surface area contributed by atoms with Crippen LogP contribution in [0.15, 0.2) is 54.7 Å². The summed E-state index contributed by atoms with van der Waals surface area (Å²) in [5, 5.41) is 7.29. The highest BCUT2D eigenvalue weighted by Crippen LogP contribution is 2.15. The van der Waals surface area contributed by atoms with Gasteiger partial charge in [0.25, 0.3) is 5.91 Å². The molecule has 3 heterocycles. The molecule has 0 unspecified atom stereocenters. The van der Waals surface area contributed by atoms with E-state index in [1.165, 1.54) is 5.56 Å². The molecule has 0 bridgehead atoms. The van der Waals surface area contributed by atoms with E-state index in [9.17, 15) is 4.79 Å². The monoisotopic (exact) mass is 349 g/mol. The van der Waals surface area contributed by atoms with Crippen LogP contribution in [0, 0.1) is 0 Å². The summed E-state index contributed by atoms with van der Waals surface area (Å²) in [4.78, 5) is 17.3. The highest BCUT2D eigenvalue weighted by Gasteiger charge is 2.15. The highest BCUT2D eigenvalue weighted by atomic mass is 16.1. The summed E-state index contributed by atoms with van der Waals surface area (Å²) in [5.74, 6) is -0.189. The van der Waals surface area contributed by atoms with Gasteiger partial charge in [0.2, 0.25) is 0 Å². The minimum atomic E-state index is -0.189. The lowest BCUT2D eigenvalue weighted by Gasteiger charge is -2.32. The Kier molecular flexibility index (Phi) is 4.69. The molecule has 26 heavy (non-hydrogen) atoms. The highest BCUT2D eigenvalue weighted by molar-refractivity contribution is 6.03. The van der Waals surface area contributed by atoms with Crippen molar-refractivity contribution < 1.29 is 4.79 Å². The van der Waals surface area contributed by atoms with Crippen LogP contribution in [0.3, 0.4) is 0 Å². The van der Waals surface area contributed by atoms with Gasteiger partial charge in [-0.25, -0.2) is 4.52 Å². The van der Waals surface area contributed by atoms with Crippen LogP contribution in [0.5, 0.6) is 0 Å². The molecule has 2 aromatic heterocycles. The fraction of sp³-hybridized carbons (Fsp3) is 0.300. The first kappa shape index (κ1) is 16.8. The van der Waals surface area contributed by atoms with Gasteiger partial charge in [-0.15, -0.1) is 0 Å². The molecule has 1 N–H and O–H groups in total. The third-order valence-electron chi connectivity index (χ3n) is 4.79. The van der Waals surface area contributed by atoms with E-state index in [1.807, 2.05) is 42.6 Å². The number of rotatable bonds is 4. The minimum absolute atomic E-state index is 0.189. The van der Waals surface area contributed by atoms with E-state index in [2.05, 4.69) is 33.3 Å². The standard InChI is InChI=1S/C20H23N5O/c1-23-9-11-24(12-10-23)15-16-5-4-6-17(13-16)21-20(26)19-14-18-7-2-3-8-25(18)22-19/h2-8,13-14H,9-12,15H2,1H3,(H,21,26). The summed E-state index contributed by atoms with van der Waals surface area (Å²) >= 11 is 0. The Hall–Kier alpha value is -2.70. The molecule has 0 aliphatic carbocycles. The molecule has 1 aromatic carbocycles. The zero-order chi connectivity index (χ0) is 17.9. The lowest BCUT2D eigenvalue weighted by atomic mass is 10.1. The molecule has 1 fully saturated rings. The number of nitrogens with one attached hydrogen (secondary N) is 1. The molecule has 1 saturated heterocycles. The minimum Gasteiger partial charge on any atom is -0.321 e. The quantitative estimate of drug-likeness (QED) is 0.785. The number of fused-ring (bicyclic) bond motifs is 1. The molecule has 134 valence electrons. The number of piperazine rings is 1. The molecular weight excluding hydrogens is 326 g/mol. The summed E-state index contributed by atoms with van der Waals surface area (Å²) in [6.45, 7) is 5.27. The van der Waals surface area contributed by atoms with Crippen molar-refractivity contribution in [3.63, 3.8) is 0 Å². The SMILES string of the molecule is CN1CCN(Cc2cccc(NC(=O)c3cc4ccccn4n3)c2)CC1. The second-order valence-electron chi connectivity index (χ2n) is 6.83. The van der Waals surface area contributed by atoms with E-state index >= 15 is 0 Å². The summed E-state index contributed by atoms with van der Waals surface area (Å²) in [7, 11) is 2.16. The third kappa shape index (κ3) is 3.76. The first-order valence-corrected chi connectivity index (χ1v) is 8.93. The summed E-state index contributed by atoms with van der Waals surface area (Å²) in [6, 6.07) is 15.6. The Bertz CT molecular complexity index is 878.